The predicted molar refractivity (Wildman–Crippen MR) is 92.4 cm³/mol. The number of hydrogen-bond acceptors (Lipinski definition) is 4. The van der Waals surface area contributed by atoms with Crippen LogP contribution in [0.25, 0.3) is 11.0 Å². The van der Waals surface area contributed by atoms with Gasteiger partial charge in [0.05, 0.1) is 20.6 Å². The highest BCUT2D eigenvalue weighted by Gasteiger charge is 2.21. The van der Waals surface area contributed by atoms with Crippen LogP contribution in [0.4, 0.5) is 0 Å². The number of fused-ring (bicyclic) bond motifs is 1. The van der Waals surface area contributed by atoms with Crippen LogP contribution in [0.3, 0.4) is 0 Å². The van der Waals surface area contributed by atoms with Crippen LogP contribution in [0.15, 0.2) is 35.5 Å². The average Bonchev–Trinajstić information content (AvgIpc) is 3.01. The van der Waals surface area contributed by atoms with E-state index in [1.54, 1.807) is 23.1 Å². The minimum atomic E-state index is 0.0136. The largest absolute Gasteiger partial charge is 0.333 e. The second kappa shape index (κ2) is 6.01. The number of rotatable bonds is 4. The normalized spacial score (nSPS) is 14.5. The molecule has 2 heterocycles. The van der Waals surface area contributed by atoms with Crippen LogP contribution in [0.5, 0.6) is 0 Å². The van der Waals surface area contributed by atoms with Gasteiger partial charge in [-0.1, -0.05) is 29.4 Å². The highest BCUT2D eigenvalue weighted by molar-refractivity contribution is 7.99. The van der Waals surface area contributed by atoms with Gasteiger partial charge in [0.25, 0.3) is 0 Å². The third kappa shape index (κ3) is 3.26. The summed E-state index contributed by atoms with van der Waals surface area (Å²) >= 11 is 9.27. The number of hydrogen-bond donors (Lipinski definition) is 2. The van der Waals surface area contributed by atoms with Crippen molar-refractivity contribution in [2.24, 2.45) is 5.73 Å². The van der Waals surface area contributed by atoms with Gasteiger partial charge in [0.2, 0.25) is 0 Å². The van der Waals surface area contributed by atoms with Gasteiger partial charge >= 0.3 is 0 Å². The molecule has 0 aliphatic rings. The van der Waals surface area contributed by atoms with E-state index in [4.69, 9.17) is 17.3 Å². The molecule has 0 bridgehead atoms. The number of aromatic amines is 1. The first kappa shape index (κ1) is 14.9. The standard InChI is InChI=1S/C15H16ClN3S2/c1-8-3-4-10-11(7-8)19-15(18-10)21-14(9(2)17)12-5-6-13(16)20-12/h3-7,9,14H,17H2,1-2H3,(H,18,19). The van der Waals surface area contributed by atoms with Crippen LogP contribution in [0.1, 0.15) is 22.6 Å². The lowest BCUT2D eigenvalue weighted by Gasteiger charge is -2.17. The smallest absolute Gasteiger partial charge is 0.167 e. The van der Waals surface area contributed by atoms with Crippen molar-refractivity contribution in [3.8, 4) is 0 Å². The molecule has 3 rings (SSSR count). The van der Waals surface area contributed by atoms with Gasteiger partial charge < -0.3 is 10.7 Å². The number of halogens is 1. The summed E-state index contributed by atoms with van der Waals surface area (Å²) in [7, 11) is 0. The Morgan fingerprint density at radius 2 is 2.14 bits per heavy atom. The highest BCUT2D eigenvalue weighted by atomic mass is 35.5. The minimum Gasteiger partial charge on any atom is -0.333 e. The van der Waals surface area contributed by atoms with Crippen molar-refractivity contribution in [1.29, 1.82) is 0 Å². The first-order valence-corrected chi connectivity index (χ1v) is 8.74. The molecule has 110 valence electrons. The Balaban J connectivity index is 1.90. The van der Waals surface area contributed by atoms with Crippen LogP contribution < -0.4 is 5.73 Å². The SMILES string of the molecule is Cc1ccc2nc(SC(c3ccc(Cl)s3)C(C)N)[nH]c2c1. The van der Waals surface area contributed by atoms with Crippen LogP contribution >= 0.6 is 34.7 Å². The van der Waals surface area contributed by atoms with Gasteiger partial charge in [0.15, 0.2) is 5.16 Å². The third-order valence-corrected chi connectivity index (χ3v) is 6.02. The van der Waals surface area contributed by atoms with Gasteiger partial charge in [-0.25, -0.2) is 4.98 Å². The molecule has 0 saturated heterocycles. The Morgan fingerprint density at radius 1 is 1.33 bits per heavy atom. The maximum atomic E-state index is 6.15. The fourth-order valence-corrected chi connectivity index (χ4v) is 4.60. The summed E-state index contributed by atoms with van der Waals surface area (Å²) in [4.78, 5) is 9.18. The maximum absolute atomic E-state index is 6.15. The third-order valence-electron chi connectivity index (χ3n) is 3.21. The number of H-pyrrole nitrogens is 1. The molecular formula is C15H16ClN3S2. The molecule has 3 nitrogen and oxygen atoms in total. The van der Waals surface area contributed by atoms with E-state index in [1.165, 1.54) is 10.4 Å². The van der Waals surface area contributed by atoms with E-state index in [9.17, 15) is 0 Å². The van der Waals surface area contributed by atoms with Crippen LogP contribution in [0.2, 0.25) is 4.34 Å². The van der Waals surface area contributed by atoms with E-state index in [-0.39, 0.29) is 11.3 Å². The van der Waals surface area contributed by atoms with Gasteiger partial charge in [0.1, 0.15) is 0 Å². The topological polar surface area (TPSA) is 54.7 Å². The Morgan fingerprint density at radius 3 is 2.81 bits per heavy atom. The van der Waals surface area contributed by atoms with Crippen LogP contribution in [0, 0.1) is 6.92 Å². The second-order valence-corrected chi connectivity index (χ2v) is 7.98. The summed E-state index contributed by atoms with van der Waals surface area (Å²) in [6.45, 7) is 4.09. The van der Waals surface area contributed by atoms with Crippen molar-refractivity contribution in [1.82, 2.24) is 9.97 Å². The van der Waals surface area contributed by atoms with Crippen molar-refractivity contribution in [3.63, 3.8) is 0 Å². The Labute approximate surface area is 136 Å². The molecule has 0 aliphatic heterocycles. The van der Waals surface area contributed by atoms with Gasteiger partial charge in [-0.3, -0.25) is 0 Å². The quantitative estimate of drug-likeness (QED) is 0.674. The molecular weight excluding hydrogens is 322 g/mol. The summed E-state index contributed by atoms with van der Waals surface area (Å²) in [6.07, 6.45) is 0. The first-order chi connectivity index (χ1) is 10.0. The Bertz CT molecular complexity index is 763. The molecule has 2 atom stereocenters. The average molecular weight is 338 g/mol. The summed E-state index contributed by atoms with van der Waals surface area (Å²) in [5.41, 5.74) is 9.41. The molecule has 0 amide bonds. The van der Waals surface area contributed by atoms with Gasteiger partial charge in [-0.05, 0) is 43.7 Å². The molecule has 0 aliphatic carbocycles. The molecule has 2 unspecified atom stereocenters. The fraction of sp³-hybridized carbons (Fsp3) is 0.267. The molecule has 0 radical (unpaired) electrons. The number of thiophene rings is 1. The molecule has 3 N–H and O–H groups in total. The zero-order valence-electron chi connectivity index (χ0n) is 11.8. The number of benzene rings is 1. The second-order valence-electron chi connectivity index (χ2n) is 5.10. The van der Waals surface area contributed by atoms with E-state index in [2.05, 4.69) is 29.0 Å². The fourth-order valence-electron chi connectivity index (χ4n) is 2.18. The molecule has 0 saturated carbocycles. The zero-order valence-corrected chi connectivity index (χ0v) is 14.1. The van der Waals surface area contributed by atoms with E-state index in [0.29, 0.717) is 0 Å². The van der Waals surface area contributed by atoms with E-state index in [0.717, 1.165) is 20.5 Å². The molecule has 0 spiro atoms. The number of nitrogens with two attached hydrogens (primary N) is 1. The minimum absolute atomic E-state index is 0.0136. The molecule has 2 aromatic heterocycles. The lowest BCUT2D eigenvalue weighted by molar-refractivity contribution is 0.727. The first-order valence-electron chi connectivity index (χ1n) is 6.67. The number of aryl methyl sites for hydroxylation is 1. The summed E-state index contributed by atoms with van der Waals surface area (Å²) in [6, 6.07) is 10.2. The van der Waals surface area contributed by atoms with E-state index < -0.39 is 0 Å². The summed E-state index contributed by atoms with van der Waals surface area (Å²) in [5, 5.41) is 1.03. The Kier molecular flexibility index (Phi) is 4.26. The zero-order chi connectivity index (χ0) is 15.0. The molecule has 0 fully saturated rings. The maximum Gasteiger partial charge on any atom is 0.167 e. The predicted octanol–water partition coefficient (Wildman–Crippen LogP) is 4.77. The number of nitrogens with zero attached hydrogens (tertiary/aromatic N) is 1. The summed E-state index contributed by atoms with van der Waals surface area (Å²) in [5.74, 6) is 0. The number of thioether (sulfide) groups is 1. The highest BCUT2D eigenvalue weighted by Crippen LogP contribution is 2.40. The van der Waals surface area contributed by atoms with Crippen molar-refractivity contribution in [3.05, 3.63) is 45.1 Å². The van der Waals surface area contributed by atoms with Crippen molar-refractivity contribution in [2.45, 2.75) is 30.3 Å². The van der Waals surface area contributed by atoms with Crippen LogP contribution in [-0.4, -0.2) is 16.0 Å². The van der Waals surface area contributed by atoms with Gasteiger partial charge in [0, 0.05) is 10.9 Å². The Hall–Kier alpha value is -1.01. The van der Waals surface area contributed by atoms with Gasteiger partial charge in [-0.2, -0.15) is 0 Å². The lowest BCUT2D eigenvalue weighted by Crippen LogP contribution is -2.21. The molecule has 6 heteroatoms. The monoisotopic (exact) mass is 337 g/mol. The van der Waals surface area contributed by atoms with Gasteiger partial charge in [-0.15, -0.1) is 11.3 Å². The number of aromatic nitrogens is 2. The van der Waals surface area contributed by atoms with Crippen molar-refractivity contribution >= 4 is 45.7 Å². The molecule has 21 heavy (non-hydrogen) atoms. The molecule has 3 aromatic rings. The van der Waals surface area contributed by atoms with Crippen molar-refractivity contribution in [2.75, 3.05) is 0 Å². The number of imidazole rings is 1. The number of nitrogens with one attached hydrogen (secondary N) is 1. The lowest BCUT2D eigenvalue weighted by atomic mass is 10.2. The molecule has 1 aromatic carbocycles. The summed E-state index contributed by atoms with van der Waals surface area (Å²) < 4.78 is 0.788. The van der Waals surface area contributed by atoms with Crippen molar-refractivity contribution < 1.29 is 0 Å². The van der Waals surface area contributed by atoms with E-state index >= 15 is 0 Å². The van der Waals surface area contributed by atoms with Crippen LogP contribution in [-0.2, 0) is 0 Å². The van der Waals surface area contributed by atoms with E-state index in [1.807, 2.05) is 25.1 Å².